The van der Waals surface area contributed by atoms with Crippen molar-refractivity contribution in [3.8, 4) is 11.5 Å². The SMILES string of the molecule is COc1ccc(S(=O)(=O)N2C(=O)C(OC(=O)Nc3ccc(Cl)cc3)(c3sccc3C)c3cc(Cl)ccc32)c(OC)c1. The van der Waals surface area contributed by atoms with Crippen molar-refractivity contribution in [2.24, 2.45) is 0 Å². The topological polar surface area (TPSA) is 111 Å². The number of hydrogen-bond donors (Lipinski definition) is 1. The highest BCUT2D eigenvalue weighted by Gasteiger charge is 2.60. The Labute approximate surface area is 250 Å². The summed E-state index contributed by atoms with van der Waals surface area (Å²) in [5.41, 5.74) is -1.16. The zero-order valence-corrected chi connectivity index (χ0v) is 25.0. The van der Waals surface area contributed by atoms with E-state index in [0.717, 1.165) is 11.3 Å². The van der Waals surface area contributed by atoms with Gasteiger partial charge in [-0.05, 0) is 78.5 Å². The minimum absolute atomic E-state index is 0.0237. The largest absolute Gasteiger partial charge is 0.497 e. The van der Waals surface area contributed by atoms with Gasteiger partial charge >= 0.3 is 6.09 Å². The number of fused-ring (bicyclic) bond motifs is 1. The van der Waals surface area contributed by atoms with E-state index in [2.05, 4.69) is 5.32 Å². The van der Waals surface area contributed by atoms with Crippen LogP contribution < -0.4 is 19.1 Å². The molecule has 1 unspecified atom stereocenters. The highest BCUT2D eigenvalue weighted by Crippen LogP contribution is 2.52. The molecule has 2 heterocycles. The Morgan fingerprint density at radius 3 is 2.29 bits per heavy atom. The van der Waals surface area contributed by atoms with Gasteiger partial charge in [0.05, 0.1) is 24.8 Å². The normalized spacial score (nSPS) is 16.3. The van der Waals surface area contributed by atoms with Crippen molar-refractivity contribution in [2.75, 3.05) is 23.8 Å². The number of ether oxygens (including phenoxy) is 3. The smallest absolute Gasteiger partial charge is 0.413 e. The molecule has 9 nitrogen and oxygen atoms in total. The molecular formula is C28H22Cl2N2O7S2. The van der Waals surface area contributed by atoms with E-state index in [-0.39, 0.29) is 26.9 Å². The monoisotopic (exact) mass is 632 g/mol. The fourth-order valence-corrected chi connectivity index (χ4v) is 7.54. The van der Waals surface area contributed by atoms with Gasteiger partial charge in [0.15, 0.2) is 0 Å². The first-order chi connectivity index (χ1) is 19.5. The van der Waals surface area contributed by atoms with E-state index in [9.17, 15) is 18.0 Å². The third-order valence-electron chi connectivity index (χ3n) is 6.45. The first kappa shape index (κ1) is 28.7. The van der Waals surface area contributed by atoms with Crippen LogP contribution in [0.15, 0.2) is 77.0 Å². The maximum Gasteiger partial charge on any atom is 0.413 e. The maximum absolute atomic E-state index is 14.5. The molecule has 0 radical (unpaired) electrons. The minimum atomic E-state index is -4.62. The number of sulfonamides is 1. The summed E-state index contributed by atoms with van der Waals surface area (Å²) < 4.78 is 45.5. The molecule has 13 heteroatoms. The molecule has 41 heavy (non-hydrogen) atoms. The Morgan fingerprint density at radius 2 is 1.66 bits per heavy atom. The third kappa shape index (κ3) is 4.88. The van der Waals surface area contributed by atoms with E-state index in [1.54, 1.807) is 42.6 Å². The molecule has 0 bridgehead atoms. The Kier molecular flexibility index (Phi) is 7.64. The summed E-state index contributed by atoms with van der Waals surface area (Å²) in [6.45, 7) is 1.73. The molecule has 0 spiro atoms. The predicted octanol–water partition coefficient (Wildman–Crippen LogP) is 6.61. The minimum Gasteiger partial charge on any atom is -0.497 e. The molecule has 4 aromatic rings. The summed E-state index contributed by atoms with van der Waals surface area (Å²) in [4.78, 5) is 27.9. The maximum atomic E-state index is 14.5. The molecule has 212 valence electrons. The van der Waals surface area contributed by atoms with Crippen LogP contribution >= 0.6 is 34.5 Å². The average Bonchev–Trinajstić information content (AvgIpc) is 3.48. The van der Waals surface area contributed by atoms with Crippen molar-refractivity contribution in [2.45, 2.75) is 17.4 Å². The molecule has 0 fully saturated rings. The molecule has 1 atom stereocenters. The Bertz CT molecular complexity index is 1770. The molecular weight excluding hydrogens is 611 g/mol. The number of nitrogens with zero attached hydrogens (tertiary/aromatic N) is 1. The van der Waals surface area contributed by atoms with Gasteiger partial charge in [-0.3, -0.25) is 10.1 Å². The number of anilines is 2. The highest BCUT2D eigenvalue weighted by atomic mass is 35.5. The van der Waals surface area contributed by atoms with Crippen molar-refractivity contribution in [1.29, 1.82) is 0 Å². The Hall–Kier alpha value is -3.77. The number of carbonyl (C=O) groups excluding carboxylic acids is 2. The van der Waals surface area contributed by atoms with E-state index in [4.69, 9.17) is 37.4 Å². The molecule has 3 aromatic carbocycles. The first-order valence-electron chi connectivity index (χ1n) is 11.9. The molecule has 5 rings (SSSR count). The summed E-state index contributed by atoms with van der Waals surface area (Å²) in [7, 11) is -1.89. The summed E-state index contributed by atoms with van der Waals surface area (Å²) >= 11 is 13.5. The number of nitrogens with one attached hydrogen (secondary N) is 1. The van der Waals surface area contributed by atoms with Crippen molar-refractivity contribution in [3.05, 3.63) is 98.2 Å². The van der Waals surface area contributed by atoms with Crippen LogP contribution in [0, 0.1) is 6.92 Å². The number of aryl methyl sites for hydroxylation is 1. The Morgan fingerprint density at radius 1 is 0.951 bits per heavy atom. The van der Waals surface area contributed by atoms with Crippen molar-refractivity contribution >= 4 is 67.9 Å². The zero-order chi connectivity index (χ0) is 29.5. The second-order valence-electron chi connectivity index (χ2n) is 8.89. The lowest BCUT2D eigenvalue weighted by Crippen LogP contribution is -2.47. The summed E-state index contributed by atoms with van der Waals surface area (Å²) in [5.74, 6) is -0.713. The summed E-state index contributed by atoms with van der Waals surface area (Å²) in [6.07, 6.45) is -0.999. The molecule has 0 saturated heterocycles. The van der Waals surface area contributed by atoms with E-state index in [0.29, 0.717) is 31.2 Å². The Balaban J connectivity index is 1.70. The molecule has 2 amide bonds. The number of rotatable bonds is 7. The van der Waals surface area contributed by atoms with Crippen LogP contribution in [0.25, 0.3) is 0 Å². The van der Waals surface area contributed by atoms with Crippen molar-refractivity contribution in [3.63, 3.8) is 0 Å². The second-order valence-corrected chi connectivity index (χ2v) is 12.4. The van der Waals surface area contributed by atoms with Crippen LogP contribution in [0.1, 0.15) is 16.0 Å². The van der Waals surface area contributed by atoms with Gasteiger partial charge < -0.3 is 14.2 Å². The predicted molar refractivity (Wildman–Crippen MR) is 157 cm³/mol. The van der Waals surface area contributed by atoms with Crippen molar-refractivity contribution < 1.29 is 32.2 Å². The number of thiophene rings is 1. The van der Waals surface area contributed by atoms with E-state index in [1.165, 1.54) is 50.6 Å². The van der Waals surface area contributed by atoms with Crippen LogP contribution in [-0.2, 0) is 25.2 Å². The van der Waals surface area contributed by atoms with Crippen LogP contribution in [0.3, 0.4) is 0 Å². The van der Waals surface area contributed by atoms with Gasteiger partial charge in [-0.1, -0.05) is 23.2 Å². The molecule has 1 aliphatic heterocycles. The second kappa shape index (κ2) is 10.9. The van der Waals surface area contributed by atoms with Crippen molar-refractivity contribution in [1.82, 2.24) is 0 Å². The van der Waals surface area contributed by atoms with Crippen LogP contribution in [0.5, 0.6) is 11.5 Å². The van der Waals surface area contributed by atoms with E-state index >= 15 is 0 Å². The number of carbonyl (C=O) groups is 2. The van der Waals surface area contributed by atoms with Gasteiger partial charge in [-0.25, -0.2) is 13.2 Å². The van der Waals surface area contributed by atoms with Gasteiger partial charge in [-0.2, -0.15) is 4.31 Å². The lowest BCUT2D eigenvalue weighted by Gasteiger charge is -2.28. The number of halogens is 2. The van der Waals surface area contributed by atoms with Gasteiger partial charge in [0.2, 0.25) is 0 Å². The van der Waals surface area contributed by atoms with Gasteiger partial charge in [0, 0.05) is 27.4 Å². The van der Waals surface area contributed by atoms with Gasteiger partial charge in [-0.15, -0.1) is 11.3 Å². The molecule has 0 aliphatic carbocycles. The average molecular weight is 634 g/mol. The lowest BCUT2D eigenvalue weighted by atomic mass is 9.91. The standard InChI is InChI=1S/C28H22Cl2N2O7S2/c1-16-12-13-40-25(16)28(39-27(34)31-19-7-4-17(29)5-8-19)21-14-18(30)6-10-22(21)32(26(28)33)41(35,36)24-11-9-20(37-2)15-23(24)38-3/h4-15H,1-3H3,(H,31,34). The number of amides is 2. The van der Waals surface area contributed by atoms with E-state index < -0.39 is 27.6 Å². The summed E-state index contributed by atoms with van der Waals surface area (Å²) in [6, 6.07) is 16.4. The summed E-state index contributed by atoms with van der Waals surface area (Å²) in [5, 5.41) is 4.96. The zero-order valence-electron chi connectivity index (χ0n) is 21.8. The molecule has 1 aromatic heterocycles. The quantitative estimate of drug-likeness (QED) is 0.244. The van der Waals surface area contributed by atoms with E-state index in [1.807, 2.05) is 0 Å². The lowest BCUT2D eigenvalue weighted by molar-refractivity contribution is -0.130. The third-order valence-corrected chi connectivity index (χ3v) is 9.79. The van der Waals surface area contributed by atoms with Gasteiger partial charge in [0.25, 0.3) is 21.5 Å². The van der Waals surface area contributed by atoms with Crippen LogP contribution in [0.2, 0.25) is 10.0 Å². The van der Waals surface area contributed by atoms with Gasteiger partial charge in [0.1, 0.15) is 16.4 Å². The fourth-order valence-electron chi connectivity index (χ4n) is 4.57. The van der Waals surface area contributed by atoms with Crippen LogP contribution in [-0.4, -0.2) is 34.6 Å². The fraction of sp³-hybridized carbons (Fsp3) is 0.143. The molecule has 0 saturated carbocycles. The number of benzene rings is 3. The molecule has 1 aliphatic rings. The molecule has 1 N–H and O–H groups in total. The highest BCUT2D eigenvalue weighted by molar-refractivity contribution is 7.93. The van der Waals surface area contributed by atoms with Crippen LogP contribution in [0.4, 0.5) is 16.2 Å². The number of methoxy groups -OCH3 is 2. The first-order valence-corrected chi connectivity index (χ1v) is 15.0. The number of hydrogen-bond acceptors (Lipinski definition) is 8.